The Morgan fingerprint density at radius 2 is 1.81 bits per heavy atom. The smallest absolute Gasteiger partial charge is 0.0501 e. The van der Waals surface area contributed by atoms with Gasteiger partial charge >= 0.3 is 0 Å². The maximum Gasteiger partial charge on any atom is 0.0501 e. The summed E-state index contributed by atoms with van der Waals surface area (Å²) in [5.41, 5.74) is 0. The summed E-state index contributed by atoms with van der Waals surface area (Å²) in [5.74, 6) is 0.882. The Bertz CT molecular complexity index is 208. The van der Waals surface area contributed by atoms with E-state index in [-0.39, 0.29) is 0 Å². The maximum absolute atomic E-state index is 12.2. The lowest BCUT2D eigenvalue weighted by Crippen LogP contribution is -2.43. The second-order valence-corrected chi connectivity index (χ2v) is 6.55. The van der Waals surface area contributed by atoms with E-state index in [9.17, 15) is 4.21 Å². The van der Waals surface area contributed by atoms with E-state index >= 15 is 0 Å². The van der Waals surface area contributed by atoms with Crippen molar-refractivity contribution in [2.24, 2.45) is 0 Å². The SMILES string of the molecule is CCCS(=O)C1CCCCCCC1NCC. The van der Waals surface area contributed by atoms with Crippen molar-refractivity contribution in [1.82, 2.24) is 5.32 Å². The molecule has 0 aliphatic heterocycles. The molecule has 0 amide bonds. The fourth-order valence-corrected chi connectivity index (χ4v) is 4.35. The molecule has 1 aliphatic rings. The molecule has 0 saturated heterocycles. The summed E-state index contributed by atoms with van der Waals surface area (Å²) in [5, 5.41) is 3.95. The Kier molecular flexibility index (Phi) is 7.30. The molecule has 0 heterocycles. The molecule has 1 fully saturated rings. The molecule has 96 valence electrons. The van der Waals surface area contributed by atoms with Gasteiger partial charge in [-0.25, -0.2) is 0 Å². The number of hydrogen-bond acceptors (Lipinski definition) is 2. The van der Waals surface area contributed by atoms with Crippen molar-refractivity contribution in [2.75, 3.05) is 12.3 Å². The quantitative estimate of drug-likeness (QED) is 0.807. The minimum absolute atomic E-state index is 0.403. The van der Waals surface area contributed by atoms with Gasteiger partial charge in [-0.1, -0.05) is 39.5 Å². The van der Waals surface area contributed by atoms with Gasteiger partial charge in [0, 0.05) is 22.6 Å². The van der Waals surface area contributed by atoms with Crippen molar-refractivity contribution < 1.29 is 4.21 Å². The van der Waals surface area contributed by atoms with Crippen LogP contribution >= 0.6 is 0 Å². The largest absolute Gasteiger partial charge is 0.313 e. The fraction of sp³-hybridized carbons (Fsp3) is 1.00. The van der Waals surface area contributed by atoms with E-state index in [0.717, 1.165) is 25.1 Å². The van der Waals surface area contributed by atoms with Gasteiger partial charge in [0.1, 0.15) is 0 Å². The first-order valence-corrected chi connectivity index (χ1v) is 8.28. The Labute approximate surface area is 103 Å². The zero-order chi connectivity index (χ0) is 11.8. The van der Waals surface area contributed by atoms with Crippen LogP contribution in [0.25, 0.3) is 0 Å². The van der Waals surface area contributed by atoms with E-state index in [4.69, 9.17) is 0 Å². The lowest BCUT2D eigenvalue weighted by atomic mass is 9.96. The first kappa shape index (κ1) is 14.2. The maximum atomic E-state index is 12.2. The molecule has 16 heavy (non-hydrogen) atoms. The van der Waals surface area contributed by atoms with Crippen molar-refractivity contribution in [3.05, 3.63) is 0 Å². The van der Waals surface area contributed by atoms with Crippen LogP contribution in [0.5, 0.6) is 0 Å². The minimum atomic E-state index is -0.619. The average molecular weight is 245 g/mol. The average Bonchev–Trinajstić information content (AvgIpc) is 2.22. The van der Waals surface area contributed by atoms with Crippen LogP contribution in [0.15, 0.2) is 0 Å². The molecular formula is C13H27NOS. The van der Waals surface area contributed by atoms with E-state index < -0.39 is 10.8 Å². The van der Waals surface area contributed by atoms with Gasteiger partial charge in [0.15, 0.2) is 0 Å². The summed E-state index contributed by atoms with van der Waals surface area (Å²) in [6.45, 7) is 5.28. The highest BCUT2D eigenvalue weighted by atomic mass is 32.2. The Morgan fingerprint density at radius 1 is 1.12 bits per heavy atom. The first-order valence-electron chi connectivity index (χ1n) is 6.90. The van der Waals surface area contributed by atoms with Gasteiger partial charge in [0.25, 0.3) is 0 Å². The summed E-state index contributed by atoms with van der Waals surface area (Å²) in [4.78, 5) is 0. The van der Waals surface area contributed by atoms with E-state index in [1.54, 1.807) is 0 Å². The highest BCUT2D eigenvalue weighted by Gasteiger charge is 2.26. The predicted molar refractivity (Wildman–Crippen MR) is 72.3 cm³/mol. The molecule has 0 aromatic carbocycles. The Balaban J connectivity index is 2.58. The fourth-order valence-electron chi connectivity index (χ4n) is 2.61. The highest BCUT2D eigenvalue weighted by Crippen LogP contribution is 2.22. The number of hydrogen-bond donors (Lipinski definition) is 1. The topological polar surface area (TPSA) is 29.1 Å². The normalized spacial score (nSPS) is 29.4. The van der Waals surface area contributed by atoms with Crippen LogP contribution in [0.4, 0.5) is 0 Å². The zero-order valence-electron chi connectivity index (χ0n) is 10.8. The third-order valence-corrected chi connectivity index (χ3v) is 5.46. The molecule has 3 heteroatoms. The van der Waals surface area contributed by atoms with Gasteiger partial charge in [0.2, 0.25) is 0 Å². The molecule has 0 bridgehead atoms. The second-order valence-electron chi connectivity index (χ2n) is 4.78. The van der Waals surface area contributed by atoms with Crippen LogP contribution in [0.1, 0.15) is 58.8 Å². The molecule has 0 radical (unpaired) electrons. The van der Waals surface area contributed by atoms with E-state index in [1.807, 2.05) is 0 Å². The summed E-state index contributed by atoms with van der Waals surface area (Å²) in [7, 11) is -0.619. The lowest BCUT2D eigenvalue weighted by molar-refractivity contribution is 0.400. The molecule has 0 spiro atoms. The summed E-state index contributed by atoms with van der Waals surface area (Å²) < 4.78 is 12.2. The van der Waals surface area contributed by atoms with Crippen LogP contribution < -0.4 is 5.32 Å². The molecular weight excluding hydrogens is 218 g/mol. The molecule has 1 N–H and O–H groups in total. The molecule has 3 unspecified atom stereocenters. The number of rotatable bonds is 5. The van der Waals surface area contributed by atoms with Crippen LogP contribution in [-0.2, 0) is 10.8 Å². The van der Waals surface area contributed by atoms with E-state index in [0.29, 0.717) is 11.3 Å². The van der Waals surface area contributed by atoms with Crippen LogP contribution in [0, 0.1) is 0 Å². The van der Waals surface area contributed by atoms with Gasteiger partial charge < -0.3 is 5.32 Å². The second kappa shape index (κ2) is 8.24. The number of nitrogens with one attached hydrogen (secondary N) is 1. The monoisotopic (exact) mass is 245 g/mol. The van der Waals surface area contributed by atoms with Crippen molar-refractivity contribution in [1.29, 1.82) is 0 Å². The van der Waals surface area contributed by atoms with Gasteiger partial charge in [-0.05, 0) is 25.8 Å². The molecule has 0 aromatic heterocycles. The lowest BCUT2D eigenvalue weighted by Gasteiger charge is -2.29. The standard InChI is InChI=1S/C13H27NOS/c1-3-11-16(15)13-10-8-6-5-7-9-12(13)14-4-2/h12-14H,3-11H2,1-2H3. The molecule has 0 aromatic rings. The van der Waals surface area contributed by atoms with Crippen LogP contribution in [0.2, 0.25) is 0 Å². The molecule has 1 saturated carbocycles. The summed E-state index contributed by atoms with van der Waals surface area (Å²) in [6.07, 6.45) is 8.67. The zero-order valence-corrected chi connectivity index (χ0v) is 11.7. The minimum Gasteiger partial charge on any atom is -0.313 e. The molecule has 1 rings (SSSR count). The first-order chi connectivity index (χ1) is 7.79. The van der Waals surface area contributed by atoms with Gasteiger partial charge in [-0.2, -0.15) is 0 Å². The predicted octanol–water partition coefficient (Wildman–Crippen LogP) is 2.85. The summed E-state index contributed by atoms with van der Waals surface area (Å²) in [6, 6.07) is 0.498. The Morgan fingerprint density at radius 3 is 2.44 bits per heavy atom. The van der Waals surface area contributed by atoms with Crippen molar-refractivity contribution in [3.8, 4) is 0 Å². The van der Waals surface area contributed by atoms with Crippen molar-refractivity contribution in [3.63, 3.8) is 0 Å². The summed E-state index contributed by atoms with van der Waals surface area (Å²) >= 11 is 0. The van der Waals surface area contributed by atoms with E-state index in [1.165, 1.54) is 32.1 Å². The van der Waals surface area contributed by atoms with Gasteiger partial charge in [0.05, 0.1) is 5.25 Å². The Hall–Kier alpha value is 0.110. The van der Waals surface area contributed by atoms with Gasteiger partial charge in [-0.15, -0.1) is 0 Å². The van der Waals surface area contributed by atoms with Crippen molar-refractivity contribution >= 4 is 10.8 Å². The van der Waals surface area contributed by atoms with Gasteiger partial charge in [-0.3, -0.25) is 4.21 Å². The highest BCUT2D eigenvalue weighted by molar-refractivity contribution is 7.85. The van der Waals surface area contributed by atoms with Crippen molar-refractivity contribution in [2.45, 2.75) is 70.1 Å². The molecule has 1 aliphatic carbocycles. The van der Waals surface area contributed by atoms with Crippen LogP contribution in [-0.4, -0.2) is 27.8 Å². The van der Waals surface area contributed by atoms with Crippen LogP contribution in [0.3, 0.4) is 0 Å². The van der Waals surface area contributed by atoms with E-state index in [2.05, 4.69) is 19.2 Å². The third-order valence-electron chi connectivity index (χ3n) is 3.41. The molecule has 2 nitrogen and oxygen atoms in total. The third kappa shape index (κ3) is 4.54. The molecule has 3 atom stereocenters.